The van der Waals surface area contributed by atoms with Crippen molar-refractivity contribution in [1.29, 1.82) is 0 Å². The Morgan fingerprint density at radius 2 is 1.73 bits per heavy atom. The number of halogens is 1. The van der Waals surface area contributed by atoms with Crippen molar-refractivity contribution in [3.8, 4) is 0 Å². The molecule has 0 saturated carbocycles. The molecule has 0 fully saturated rings. The van der Waals surface area contributed by atoms with Crippen molar-refractivity contribution in [2.45, 2.75) is 32.9 Å². The number of nitrogens with two attached hydrogens (primary N) is 1. The topological polar surface area (TPSA) is 33.7 Å². The van der Waals surface area contributed by atoms with Gasteiger partial charge < -0.3 is 17.7 Å². The number of hydrogen-bond acceptors (Lipinski definition) is 1. The standard InChI is InChI=1S/C12H17NO.ClH/c1-9(2)13-12(10(3)14)11-7-5-4-6-8-11;/h4-9,12-13H,1-3H3;1H. The van der Waals surface area contributed by atoms with E-state index in [1.165, 1.54) is 0 Å². The Kier molecular flexibility index (Phi) is 6.21. The Labute approximate surface area is 97.5 Å². The summed E-state index contributed by atoms with van der Waals surface area (Å²) in [6.07, 6.45) is 0. The number of rotatable bonds is 4. The molecule has 0 saturated heterocycles. The van der Waals surface area contributed by atoms with Gasteiger partial charge in [-0.2, -0.15) is 0 Å². The summed E-state index contributed by atoms with van der Waals surface area (Å²) in [6, 6.07) is 10.3. The molecule has 1 atom stereocenters. The predicted molar refractivity (Wildman–Crippen MR) is 56.9 cm³/mol. The van der Waals surface area contributed by atoms with Gasteiger partial charge in [0, 0.05) is 12.5 Å². The molecule has 15 heavy (non-hydrogen) atoms. The highest BCUT2D eigenvalue weighted by Crippen LogP contribution is 2.08. The van der Waals surface area contributed by atoms with Crippen LogP contribution >= 0.6 is 0 Å². The molecule has 1 unspecified atom stereocenters. The molecule has 0 heterocycles. The van der Waals surface area contributed by atoms with Gasteiger partial charge >= 0.3 is 0 Å². The molecule has 1 aromatic rings. The zero-order valence-corrected chi connectivity index (χ0v) is 10.2. The Morgan fingerprint density at radius 1 is 1.20 bits per heavy atom. The maximum absolute atomic E-state index is 11.4. The van der Waals surface area contributed by atoms with Crippen LogP contribution in [0.15, 0.2) is 30.3 Å². The van der Waals surface area contributed by atoms with Crippen LogP contribution in [0.4, 0.5) is 0 Å². The third kappa shape index (κ3) is 4.45. The van der Waals surface area contributed by atoms with Crippen LogP contribution in [0.3, 0.4) is 0 Å². The van der Waals surface area contributed by atoms with Crippen molar-refractivity contribution in [2.24, 2.45) is 0 Å². The van der Waals surface area contributed by atoms with Crippen LogP contribution in [0.25, 0.3) is 0 Å². The number of ketones is 1. The molecule has 2 nitrogen and oxygen atoms in total. The first-order valence-corrected chi connectivity index (χ1v) is 5.01. The normalized spacial score (nSPS) is 12.0. The molecule has 0 radical (unpaired) electrons. The van der Waals surface area contributed by atoms with Gasteiger partial charge in [0.2, 0.25) is 0 Å². The van der Waals surface area contributed by atoms with Gasteiger partial charge in [0.1, 0.15) is 0 Å². The molecule has 0 aliphatic carbocycles. The molecule has 1 rings (SSSR count). The van der Waals surface area contributed by atoms with Gasteiger partial charge in [0.15, 0.2) is 11.8 Å². The first-order chi connectivity index (χ1) is 6.61. The zero-order chi connectivity index (χ0) is 10.6. The number of carbonyl (C=O) groups is 1. The molecule has 0 aromatic heterocycles. The van der Waals surface area contributed by atoms with Crippen LogP contribution in [-0.2, 0) is 4.79 Å². The van der Waals surface area contributed by atoms with E-state index in [2.05, 4.69) is 19.2 Å². The van der Waals surface area contributed by atoms with Crippen LogP contribution in [0.5, 0.6) is 0 Å². The fourth-order valence-electron chi connectivity index (χ4n) is 1.53. The Morgan fingerprint density at radius 3 is 2.13 bits per heavy atom. The van der Waals surface area contributed by atoms with Gasteiger partial charge in [-0.05, 0) is 13.8 Å². The van der Waals surface area contributed by atoms with Crippen LogP contribution in [-0.4, -0.2) is 11.8 Å². The van der Waals surface area contributed by atoms with Gasteiger partial charge in [-0.1, -0.05) is 30.3 Å². The lowest BCUT2D eigenvalue weighted by Gasteiger charge is -2.15. The second-order valence-corrected chi connectivity index (χ2v) is 3.94. The fraction of sp³-hybridized carbons (Fsp3) is 0.417. The van der Waals surface area contributed by atoms with Crippen molar-refractivity contribution in [3.63, 3.8) is 0 Å². The second kappa shape index (κ2) is 6.59. The summed E-state index contributed by atoms with van der Waals surface area (Å²) in [5.74, 6) is 0.213. The number of quaternary nitrogens is 1. The van der Waals surface area contributed by atoms with Crippen molar-refractivity contribution in [1.82, 2.24) is 0 Å². The summed E-state index contributed by atoms with van der Waals surface area (Å²) in [5, 5.41) is 2.09. The van der Waals surface area contributed by atoms with E-state index in [0.29, 0.717) is 6.04 Å². The van der Waals surface area contributed by atoms with E-state index in [1.54, 1.807) is 6.92 Å². The van der Waals surface area contributed by atoms with Crippen molar-refractivity contribution in [2.75, 3.05) is 0 Å². The number of carbonyl (C=O) groups excluding carboxylic acids is 1. The second-order valence-electron chi connectivity index (χ2n) is 3.94. The first-order valence-electron chi connectivity index (χ1n) is 5.01. The minimum absolute atomic E-state index is 0. The lowest BCUT2D eigenvalue weighted by atomic mass is 10.0. The highest BCUT2D eigenvalue weighted by atomic mass is 35.5. The highest BCUT2D eigenvalue weighted by molar-refractivity contribution is 5.81. The summed E-state index contributed by atoms with van der Waals surface area (Å²) in [6.45, 7) is 5.84. The van der Waals surface area contributed by atoms with Gasteiger partial charge in [-0.25, -0.2) is 0 Å². The summed E-state index contributed by atoms with van der Waals surface area (Å²) in [4.78, 5) is 11.4. The van der Waals surface area contributed by atoms with Crippen molar-refractivity contribution < 1.29 is 22.5 Å². The molecule has 0 amide bonds. The van der Waals surface area contributed by atoms with Crippen LogP contribution in [0, 0.1) is 0 Å². The first kappa shape index (κ1) is 14.1. The smallest absolute Gasteiger partial charge is 0.191 e. The van der Waals surface area contributed by atoms with Crippen molar-refractivity contribution in [3.05, 3.63) is 35.9 Å². The van der Waals surface area contributed by atoms with E-state index in [4.69, 9.17) is 0 Å². The molecular formula is C12H18ClNO. The SMILES string of the molecule is CC(=O)C([NH2+]C(C)C)c1ccccc1.[Cl-]. The average molecular weight is 228 g/mol. The van der Waals surface area contributed by atoms with E-state index in [9.17, 15) is 4.79 Å². The molecule has 0 aliphatic heterocycles. The number of Topliss-reactive ketones (excluding diaryl/α,β-unsaturated/α-hetero) is 1. The monoisotopic (exact) mass is 227 g/mol. The average Bonchev–Trinajstić information content (AvgIpc) is 2.15. The Hall–Kier alpha value is -0.860. The van der Waals surface area contributed by atoms with E-state index >= 15 is 0 Å². The summed E-state index contributed by atoms with van der Waals surface area (Å²) < 4.78 is 0. The third-order valence-corrected chi connectivity index (χ3v) is 2.17. The number of benzene rings is 1. The minimum atomic E-state index is -0.0452. The molecule has 1 aromatic carbocycles. The van der Waals surface area contributed by atoms with Gasteiger partial charge in [-0.15, -0.1) is 0 Å². The third-order valence-electron chi connectivity index (χ3n) is 2.17. The molecule has 0 bridgehead atoms. The minimum Gasteiger partial charge on any atom is -1.00 e. The maximum Gasteiger partial charge on any atom is 0.191 e. The molecular weight excluding hydrogens is 210 g/mol. The van der Waals surface area contributed by atoms with E-state index < -0.39 is 0 Å². The number of hydrogen-bond donors (Lipinski definition) is 1. The van der Waals surface area contributed by atoms with Gasteiger partial charge in [-0.3, -0.25) is 4.79 Å². The maximum atomic E-state index is 11.4. The molecule has 3 heteroatoms. The fourth-order valence-corrected chi connectivity index (χ4v) is 1.53. The molecule has 0 spiro atoms. The predicted octanol–water partition coefficient (Wildman–Crippen LogP) is -1.71. The summed E-state index contributed by atoms with van der Waals surface area (Å²) >= 11 is 0. The van der Waals surface area contributed by atoms with Gasteiger partial charge in [0.05, 0.1) is 6.04 Å². The lowest BCUT2D eigenvalue weighted by molar-refractivity contribution is -0.709. The van der Waals surface area contributed by atoms with Crippen LogP contribution < -0.4 is 17.7 Å². The van der Waals surface area contributed by atoms with E-state index in [-0.39, 0.29) is 24.2 Å². The molecule has 84 valence electrons. The summed E-state index contributed by atoms with van der Waals surface area (Å²) in [5.41, 5.74) is 1.09. The Bertz CT molecular complexity index is 298. The quantitative estimate of drug-likeness (QED) is 0.654. The zero-order valence-electron chi connectivity index (χ0n) is 9.41. The molecule has 0 aliphatic rings. The van der Waals surface area contributed by atoms with E-state index in [0.717, 1.165) is 5.56 Å². The van der Waals surface area contributed by atoms with Crippen LogP contribution in [0.1, 0.15) is 32.4 Å². The Balaban J connectivity index is 0.00000196. The summed E-state index contributed by atoms with van der Waals surface area (Å²) in [7, 11) is 0. The highest BCUT2D eigenvalue weighted by Gasteiger charge is 2.20. The largest absolute Gasteiger partial charge is 1.00 e. The van der Waals surface area contributed by atoms with Crippen LogP contribution in [0.2, 0.25) is 0 Å². The van der Waals surface area contributed by atoms with Gasteiger partial charge in [0.25, 0.3) is 0 Å². The molecule has 2 N–H and O–H groups in total. The lowest BCUT2D eigenvalue weighted by Crippen LogP contribution is -3.00. The van der Waals surface area contributed by atoms with E-state index in [1.807, 2.05) is 30.3 Å². The van der Waals surface area contributed by atoms with Crippen molar-refractivity contribution >= 4 is 5.78 Å².